The van der Waals surface area contributed by atoms with E-state index in [0.29, 0.717) is 24.0 Å². The summed E-state index contributed by atoms with van der Waals surface area (Å²) in [5.74, 6) is -1.20. The quantitative estimate of drug-likeness (QED) is 0.0280. The molecule has 0 fully saturated rings. The average molecular weight is 895 g/mol. The third-order valence-corrected chi connectivity index (χ3v) is 12.0. The van der Waals surface area contributed by atoms with Crippen LogP contribution >= 0.6 is 0 Å². The van der Waals surface area contributed by atoms with Crippen molar-refractivity contribution in [3.63, 3.8) is 0 Å². The van der Waals surface area contributed by atoms with Crippen molar-refractivity contribution in [1.82, 2.24) is 0 Å². The lowest BCUT2D eigenvalue weighted by atomic mass is 10.0. The summed E-state index contributed by atoms with van der Waals surface area (Å²) in [5.41, 5.74) is 4.59. The number of hydrogen-bond acceptors (Lipinski definition) is 9. The smallest absolute Gasteiger partial charge is 0.431 e. The summed E-state index contributed by atoms with van der Waals surface area (Å²) in [5, 5.41) is 0. The van der Waals surface area contributed by atoms with Crippen LogP contribution in [0.1, 0.15) is 249 Å². The summed E-state index contributed by atoms with van der Waals surface area (Å²) in [7, 11) is 0. The molecule has 364 valence electrons. The summed E-state index contributed by atoms with van der Waals surface area (Å²) < 4.78 is 11.0. The Morgan fingerprint density at radius 1 is 0.375 bits per heavy atom. The van der Waals surface area contributed by atoms with Gasteiger partial charge < -0.3 is 9.47 Å². The zero-order valence-electron chi connectivity index (χ0n) is 41.4. The first kappa shape index (κ1) is 56.7. The third-order valence-electron chi connectivity index (χ3n) is 12.0. The van der Waals surface area contributed by atoms with Crippen LogP contribution in [-0.4, -0.2) is 43.5 Å². The molecule has 0 bridgehead atoms. The normalized spacial score (nSPS) is 12.2. The van der Waals surface area contributed by atoms with E-state index in [-0.39, 0.29) is 13.2 Å². The summed E-state index contributed by atoms with van der Waals surface area (Å²) >= 11 is 0. The van der Waals surface area contributed by atoms with Crippen LogP contribution in [0.3, 0.4) is 0 Å². The zero-order valence-corrected chi connectivity index (χ0v) is 41.4. The largest absolute Gasteiger partial charge is 0.508 e. The molecule has 2 aromatic rings. The molecule has 0 aliphatic heterocycles. The van der Waals surface area contributed by atoms with E-state index in [9.17, 15) is 14.4 Å². The Balaban J connectivity index is 1.84. The molecule has 0 aromatic heterocycles. The number of ether oxygens (including phenoxy) is 2. The monoisotopic (exact) mass is 895 g/mol. The van der Waals surface area contributed by atoms with Gasteiger partial charge in [-0.05, 0) is 64.8 Å². The van der Waals surface area contributed by atoms with Crippen molar-refractivity contribution in [2.24, 2.45) is 0 Å². The van der Waals surface area contributed by atoms with Crippen LogP contribution in [0.25, 0.3) is 0 Å². The van der Waals surface area contributed by atoms with Gasteiger partial charge in [0.15, 0.2) is 0 Å². The molecule has 9 heteroatoms. The molecule has 2 aromatic carbocycles. The number of carbonyl (C=O) groups is 3. The molecule has 0 aliphatic rings. The van der Waals surface area contributed by atoms with Crippen LogP contribution in [0, 0.1) is 27.7 Å². The van der Waals surface area contributed by atoms with Gasteiger partial charge in [0.1, 0.15) is 25.4 Å². The van der Waals surface area contributed by atoms with Gasteiger partial charge in [0.2, 0.25) is 0 Å². The van der Waals surface area contributed by atoms with Gasteiger partial charge in [-0.1, -0.05) is 228 Å². The lowest BCUT2D eigenvalue weighted by Crippen LogP contribution is -2.27. The maximum absolute atomic E-state index is 13.0. The van der Waals surface area contributed by atoms with E-state index in [0.717, 1.165) is 60.8 Å². The van der Waals surface area contributed by atoms with E-state index in [1.807, 2.05) is 39.8 Å². The Kier molecular flexibility index (Phi) is 33.4. The predicted molar refractivity (Wildman–Crippen MR) is 260 cm³/mol. The maximum atomic E-state index is 13.0. The second kappa shape index (κ2) is 37.8. The van der Waals surface area contributed by atoms with Crippen molar-refractivity contribution in [2.45, 2.75) is 246 Å². The summed E-state index contributed by atoms with van der Waals surface area (Å²) in [4.78, 5) is 60.6. The molecule has 2 rings (SSSR count). The van der Waals surface area contributed by atoms with Crippen molar-refractivity contribution in [1.29, 1.82) is 0 Å². The first-order chi connectivity index (χ1) is 31.1. The number of unbranched alkanes of at least 4 members (excludes halogenated alkanes) is 26. The minimum Gasteiger partial charge on any atom is -0.431 e. The predicted octanol–water partition coefficient (Wildman–Crippen LogP) is 16.4. The first-order valence-corrected chi connectivity index (χ1v) is 25.8. The molecular formula is C55H90O9. The van der Waals surface area contributed by atoms with Crippen LogP contribution in [0.15, 0.2) is 36.4 Å². The minimum atomic E-state index is -0.898. The summed E-state index contributed by atoms with van der Waals surface area (Å²) in [6, 6.07) is 11.0. The van der Waals surface area contributed by atoms with Gasteiger partial charge in [-0.15, -0.1) is 0 Å². The molecule has 64 heavy (non-hydrogen) atoms. The molecule has 2 unspecified atom stereocenters. The summed E-state index contributed by atoms with van der Waals surface area (Å²) in [6.07, 6.45) is 33.8. The lowest BCUT2D eigenvalue weighted by molar-refractivity contribution is -0.285. The second-order valence-corrected chi connectivity index (χ2v) is 18.6. The maximum Gasteiger partial charge on any atom is 0.508 e. The van der Waals surface area contributed by atoms with E-state index >= 15 is 0 Å². The number of aryl methyl sites for hydroxylation is 4. The van der Waals surface area contributed by atoms with Crippen molar-refractivity contribution in [3.8, 4) is 0 Å². The van der Waals surface area contributed by atoms with Crippen molar-refractivity contribution in [2.75, 3.05) is 13.2 Å². The highest BCUT2D eigenvalue weighted by molar-refractivity contribution is 5.90. The molecule has 0 heterocycles. The fourth-order valence-electron chi connectivity index (χ4n) is 8.32. The molecule has 9 nitrogen and oxygen atoms in total. The van der Waals surface area contributed by atoms with E-state index in [1.165, 1.54) is 141 Å². The van der Waals surface area contributed by atoms with E-state index in [4.69, 9.17) is 29.0 Å². The van der Waals surface area contributed by atoms with Crippen LogP contribution in [0.4, 0.5) is 4.79 Å². The first-order valence-electron chi connectivity index (χ1n) is 25.8. The zero-order chi connectivity index (χ0) is 46.5. The van der Waals surface area contributed by atoms with E-state index in [2.05, 4.69) is 13.8 Å². The van der Waals surface area contributed by atoms with Gasteiger partial charge in [0, 0.05) is 0 Å². The molecule has 0 spiro atoms. The van der Waals surface area contributed by atoms with Crippen molar-refractivity contribution in [3.05, 3.63) is 69.8 Å². The van der Waals surface area contributed by atoms with Crippen LogP contribution < -0.4 is 0 Å². The van der Waals surface area contributed by atoms with Crippen molar-refractivity contribution >= 4 is 18.1 Å². The fraction of sp³-hybridized carbons (Fsp3) is 0.727. The van der Waals surface area contributed by atoms with Crippen LogP contribution in [0.2, 0.25) is 0 Å². The van der Waals surface area contributed by atoms with Gasteiger partial charge in [-0.2, -0.15) is 9.78 Å². The second-order valence-electron chi connectivity index (χ2n) is 18.6. The SMILES string of the molecule is CCCCCCCCCCCCCCCCC(COC(=O)OCC(CCCCCCCCCCCCCCCC)OOC(=O)c1cc(C)cc(C)c1)OOC(=O)c1cc(C)cc(C)c1. The Labute approximate surface area is 389 Å². The average Bonchev–Trinajstić information content (AvgIpc) is 3.26. The molecule has 0 saturated carbocycles. The van der Waals surface area contributed by atoms with E-state index in [1.54, 1.807) is 24.3 Å². The van der Waals surface area contributed by atoms with Crippen LogP contribution in [-0.2, 0) is 29.0 Å². The number of hydrogen-bond donors (Lipinski definition) is 0. The number of benzene rings is 2. The molecule has 2 atom stereocenters. The topological polar surface area (TPSA) is 107 Å². The Bertz CT molecular complexity index is 1360. The van der Waals surface area contributed by atoms with Crippen molar-refractivity contribution < 1.29 is 43.4 Å². The Morgan fingerprint density at radius 2 is 0.625 bits per heavy atom. The number of rotatable bonds is 40. The highest BCUT2D eigenvalue weighted by Crippen LogP contribution is 2.19. The minimum absolute atomic E-state index is 0.149. The molecule has 0 saturated heterocycles. The highest BCUT2D eigenvalue weighted by atomic mass is 17.2. The highest BCUT2D eigenvalue weighted by Gasteiger charge is 2.21. The standard InChI is InChI=1S/C55H90O9/c1-7-9-11-13-15-17-19-21-23-25-27-29-31-33-35-51(61-63-53(56)49-39-45(3)37-46(4)40-49)43-59-55(58)60-44-52(62-64-54(57)50-41-47(5)38-48(6)42-50)36-34-32-30-28-26-24-22-20-18-16-14-12-10-8-2/h37-42,51-52H,7-36,43-44H2,1-6H3. The lowest BCUT2D eigenvalue weighted by Gasteiger charge is -2.18. The van der Waals surface area contributed by atoms with Gasteiger partial charge in [-0.3, -0.25) is 9.78 Å². The molecule has 0 radical (unpaired) electrons. The number of carbonyl (C=O) groups excluding carboxylic acids is 3. The molecule has 0 N–H and O–H groups in total. The van der Waals surface area contributed by atoms with Gasteiger partial charge >= 0.3 is 18.1 Å². The molecule has 0 amide bonds. The Morgan fingerprint density at radius 3 is 0.891 bits per heavy atom. The van der Waals surface area contributed by atoms with E-state index < -0.39 is 30.3 Å². The Hall–Kier alpha value is -3.43. The third kappa shape index (κ3) is 29.9. The summed E-state index contributed by atoms with van der Waals surface area (Å²) in [6.45, 7) is 11.9. The van der Waals surface area contributed by atoms with Gasteiger partial charge in [-0.25, -0.2) is 14.4 Å². The fourth-order valence-corrected chi connectivity index (χ4v) is 8.32. The molecule has 0 aliphatic carbocycles. The van der Waals surface area contributed by atoms with Crippen LogP contribution in [0.5, 0.6) is 0 Å². The van der Waals surface area contributed by atoms with Gasteiger partial charge in [0.05, 0.1) is 11.1 Å². The van der Waals surface area contributed by atoms with Gasteiger partial charge in [0.25, 0.3) is 0 Å². The molecular weight excluding hydrogens is 805 g/mol.